The third kappa shape index (κ3) is 14.4. The molecular weight excluding hydrogens is 332 g/mol. The number of unbranched alkanes of at least 4 members (excludes halogenated alkanes) is 6. The molecule has 0 saturated carbocycles. The second kappa shape index (κ2) is 14.7. The highest BCUT2D eigenvalue weighted by Crippen LogP contribution is 2.09. The SMILES string of the molecule is CCCCCCCCCC(=O)OCC(O)COC(=O)[C@H](O)CC(=O)O. The zero-order chi connectivity index (χ0) is 19.1. The maximum atomic E-state index is 11.5. The first-order valence-corrected chi connectivity index (χ1v) is 8.77. The summed E-state index contributed by atoms with van der Waals surface area (Å²) < 4.78 is 9.42. The molecule has 0 saturated heterocycles. The van der Waals surface area contributed by atoms with Gasteiger partial charge < -0.3 is 24.8 Å². The Bertz CT molecular complexity index is 396. The Morgan fingerprint density at radius 1 is 0.880 bits per heavy atom. The highest BCUT2D eigenvalue weighted by atomic mass is 16.6. The van der Waals surface area contributed by atoms with Gasteiger partial charge in [-0.15, -0.1) is 0 Å². The molecule has 8 nitrogen and oxygen atoms in total. The molecule has 2 atom stereocenters. The van der Waals surface area contributed by atoms with Gasteiger partial charge >= 0.3 is 17.9 Å². The summed E-state index contributed by atoms with van der Waals surface area (Å²) in [6, 6.07) is 0. The Morgan fingerprint density at radius 2 is 1.44 bits per heavy atom. The lowest BCUT2D eigenvalue weighted by Gasteiger charge is -2.13. The molecule has 1 unspecified atom stereocenters. The molecule has 0 aliphatic carbocycles. The van der Waals surface area contributed by atoms with Crippen molar-refractivity contribution in [1.29, 1.82) is 0 Å². The molecular formula is C17H30O8. The van der Waals surface area contributed by atoms with Crippen LogP contribution in [0.5, 0.6) is 0 Å². The van der Waals surface area contributed by atoms with E-state index in [9.17, 15) is 24.6 Å². The summed E-state index contributed by atoms with van der Waals surface area (Å²) in [4.78, 5) is 33.1. The van der Waals surface area contributed by atoms with E-state index >= 15 is 0 Å². The number of esters is 2. The summed E-state index contributed by atoms with van der Waals surface area (Å²) in [5.74, 6) is -2.91. The van der Waals surface area contributed by atoms with Crippen LogP contribution < -0.4 is 0 Å². The Balaban J connectivity index is 3.66. The van der Waals surface area contributed by atoms with Crippen LogP contribution in [0.2, 0.25) is 0 Å². The zero-order valence-electron chi connectivity index (χ0n) is 14.8. The fraction of sp³-hybridized carbons (Fsp3) is 0.824. The number of aliphatic hydroxyl groups excluding tert-OH is 2. The van der Waals surface area contributed by atoms with Crippen molar-refractivity contribution in [2.45, 2.75) is 76.9 Å². The molecule has 0 aromatic carbocycles. The molecule has 0 aliphatic heterocycles. The number of rotatable bonds is 15. The predicted molar refractivity (Wildman–Crippen MR) is 88.8 cm³/mol. The van der Waals surface area contributed by atoms with Crippen molar-refractivity contribution in [3.05, 3.63) is 0 Å². The first-order valence-electron chi connectivity index (χ1n) is 8.77. The predicted octanol–water partition coefficient (Wildman–Crippen LogP) is 1.41. The molecule has 8 heteroatoms. The Labute approximate surface area is 148 Å². The van der Waals surface area contributed by atoms with Crippen LogP contribution in [0.25, 0.3) is 0 Å². The second-order valence-corrected chi connectivity index (χ2v) is 5.95. The summed E-state index contributed by atoms with van der Waals surface area (Å²) in [6.07, 6.45) is 4.08. The van der Waals surface area contributed by atoms with Crippen molar-refractivity contribution in [2.75, 3.05) is 13.2 Å². The van der Waals surface area contributed by atoms with Gasteiger partial charge in [-0.3, -0.25) is 9.59 Å². The maximum absolute atomic E-state index is 11.5. The summed E-state index contributed by atoms with van der Waals surface area (Å²) in [5.41, 5.74) is 0. The summed E-state index contributed by atoms with van der Waals surface area (Å²) >= 11 is 0. The maximum Gasteiger partial charge on any atom is 0.335 e. The van der Waals surface area contributed by atoms with Crippen LogP contribution in [-0.2, 0) is 23.9 Å². The molecule has 0 amide bonds. The molecule has 0 aromatic rings. The highest BCUT2D eigenvalue weighted by molar-refractivity contribution is 5.80. The molecule has 0 rings (SSSR count). The van der Waals surface area contributed by atoms with Gasteiger partial charge in [0, 0.05) is 6.42 Å². The number of aliphatic hydroxyl groups is 2. The third-order valence-corrected chi connectivity index (χ3v) is 3.48. The van der Waals surface area contributed by atoms with E-state index in [-0.39, 0.29) is 13.0 Å². The number of carbonyl (C=O) groups excluding carboxylic acids is 2. The van der Waals surface area contributed by atoms with Gasteiger partial charge in [0.05, 0.1) is 6.42 Å². The van der Waals surface area contributed by atoms with E-state index in [1.165, 1.54) is 25.7 Å². The summed E-state index contributed by atoms with van der Waals surface area (Å²) in [5, 5.41) is 27.2. The summed E-state index contributed by atoms with van der Waals surface area (Å²) in [6.45, 7) is 1.35. The van der Waals surface area contributed by atoms with E-state index in [1.807, 2.05) is 0 Å². The largest absolute Gasteiger partial charge is 0.481 e. The van der Waals surface area contributed by atoms with Crippen LogP contribution in [0.15, 0.2) is 0 Å². The molecule has 0 aliphatic rings. The van der Waals surface area contributed by atoms with Gasteiger partial charge in [0.25, 0.3) is 0 Å². The molecule has 0 spiro atoms. The van der Waals surface area contributed by atoms with Gasteiger partial charge in [-0.05, 0) is 6.42 Å². The second-order valence-electron chi connectivity index (χ2n) is 5.95. The third-order valence-electron chi connectivity index (χ3n) is 3.48. The Kier molecular flexibility index (Phi) is 13.7. The van der Waals surface area contributed by atoms with Gasteiger partial charge in [-0.2, -0.15) is 0 Å². The molecule has 3 N–H and O–H groups in total. The minimum atomic E-state index is -1.79. The van der Waals surface area contributed by atoms with E-state index in [1.54, 1.807) is 0 Å². The summed E-state index contributed by atoms with van der Waals surface area (Å²) in [7, 11) is 0. The lowest BCUT2D eigenvalue weighted by atomic mass is 10.1. The molecule has 0 aromatic heterocycles. The number of carboxylic acid groups (broad SMARTS) is 1. The molecule has 146 valence electrons. The van der Waals surface area contributed by atoms with Crippen molar-refractivity contribution in [1.82, 2.24) is 0 Å². The molecule has 0 heterocycles. The van der Waals surface area contributed by atoms with Gasteiger partial charge in [0.1, 0.15) is 19.3 Å². The topological polar surface area (TPSA) is 130 Å². The van der Waals surface area contributed by atoms with Crippen molar-refractivity contribution >= 4 is 17.9 Å². The van der Waals surface area contributed by atoms with E-state index < -0.39 is 43.1 Å². The van der Waals surface area contributed by atoms with Crippen LogP contribution in [0.4, 0.5) is 0 Å². The highest BCUT2D eigenvalue weighted by Gasteiger charge is 2.21. The zero-order valence-corrected chi connectivity index (χ0v) is 14.8. The number of hydrogen-bond donors (Lipinski definition) is 3. The number of carbonyl (C=O) groups is 3. The average Bonchev–Trinajstić information content (AvgIpc) is 2.56. The first-order chi connectivity index (χ1) is 11.9. The average molecular weight is 362 g/mol. The van der Waals surface area contributed by atoms with Crippen LogP contribution in [-0.4, -0.2) is 58.6 Å². The van der Waals surface area contributed by atoms with E-state index in [0.717, 1.165) is 19.3 Å². The number of carboxylic acids is 1. The normalized spacial score (nSPS) is 13.1. The van der Waals surface area contributed by atoms with Gasteiger partial charge in [0.2, 0.25) is 0 Å². The molecule has 0 radical (unpaired) electrons. The van der Waals surface area contributed by atoms with E-state index in [2.05, 4.69) is 11.7 Å². The molecule has 0 bridgehead atoms. The van der Waals surface area contributed by atoms with Crippen LogP contribution in [0, 0.1) is 0 Å². The lowest BCUT2D eigenvalue weighted by Crippen LogP contribution is -2.31. The van der Waals surface area contributed by atoms with Crippen molar-refractivity contribution < 1.29 is 39.2 Å². The van der Waals surface area contributed by atoms with Crippen molar-refractivity contribution in [2.24, 2.45) is 0 Å². The van der Waals surface area contributed by atoms with E-state index in [0.29, 0.717) is 0 Å². The standard InChI is InChI=1S/C17H30O8/c1-2-3-4-5-6-7-8-9-16(22)24-11-13(18)12-25-17(23)14(19)10-15(20)21/h13-14,18-19H,2-12H2,1H3,(H,20,21)/t13?,14-/m1/s1. The van der Waals surface area contributed by atoms with Crippen LogP contribution >= 0.6 is 0 Å². The van der Waals surface area contributed by atoms with Crippen molar-refractivity contribution in [3.63, 3.8) is 0 Å². The van der Waals surface area contributed by atoms with Gasteiger partial charge in [-0.1, -0.05) is 45.4 Å². The van der Waals surface area contributed by atoms with Crippen LogP contribution in [0.1, 0.15) is 64.7 Å². The Hall–Kier alpha value is -1.67. The first kappa shape index (κ1) is 23.3. The monoisotopic (exact) mass is 362 g/mol. The fourth-order valence-corrected chi connectivity index (χ4v) is 2.06. The van der Waals surface area contributed by atoms with Crippen molar-refractivity contribution in [3.8, 4) is 0 Å². The molecule has 25 heavy (non-hydrogen) atoms. The minimum absolute atomic E-state index is 0.275. The lowest BCUT2D eigenvalue weighted by molar-refractivity contribution is -0.162. The van der Waals surface area contributed by atoms with E-state index in [4.69, 9.17) is 9.84 Å². The minimum Gasteiger partial charge on any atom is -0.481 e. The smallest absolute Gasteiger partial charge is 0.335 e. The van der Waals surface area contributed by atoms with Gasteiger partial charge in [0.15, 0.2) is 6.10 Å². The number of aliphatic carboxylic acids is 1. The number of hydrogen-bond acceptors (Lipinski definition) is 7. The molecule has 0 fully saturated rings. The quantitative estimate of drug-likeness (QED) is 0.294. The fourth-order valence-electron chi connectivity index (χ4n) is 2.06. The Morgan fingerprint density at radius 3 is 2.04 bits per heavy atom. The number of ether oxygens (including phenoxy) is 2. The van der Waals surface area contributed by atoms with Gasteiger partial charge in [-0.25, -0.2) is 4.79 Å². The van der Waals surface area contributed by atoms with Crippen LogP contribution in [0.3, 0.4) is 0 Å².